The lowest BCUT2D eigenvalue weighted by molar-refractivity contribution is 0.577. The molecule has 0 saturated carbocycles. The molecule has 2 rings (SSSR count). The molecule has 0 spiro atoms. The highest BCUT2D eigenvalue weighted by Crippen LogP contribution is 2.24. The molecule has 1 N–H and O–H groups in total. The maximum absolute atomic E-state index is 14.5. The third-order valence-electron chi connectivity index (χ3n) is 3.07. The summed E-state index contributed by atoms with van der Waals surface area (Å²) in [5, 5.41) is 5.25. The number of halogens is 2. The lowest BCUT2D eigenvalue weighted by Gasteiger charge is -2.19. The number of pyridine rings is 1. The summed E-state index contributed by atoms with van der Waals surface area (Å²) in [7, 11) is 1.86. The van der Waals surface area contributed by atoms with Crippen molar-refractivity contribution in [3.05, 3.63) is 44.4 Å². The second kappa shape index (κ2) is 7.87. The zero-order chi connectivity index (χ0) is 15.2. The van der Waals surface area contributed by atoms with Crippen LogP contribution in [0, 0.1) is 5.82 Å². The number of hydrogen-bond donors (Lipinski definition) is 1. The molecule has 2 aromatic heterocycles. The molecule has 0 aliphatic carbocycles. The summed E-state index contributed by atoms with van der Waals surface area (Å²) in [6, 6.07) is 3.78. The topological polar surface area (TPSA) is 28.2 Å². The van der Waals surface area contributed by atoms with E-state index < -0.39 is 0 Å². The van der Waals surface area contributed by atoms with E-state index in [0.29, 0.717) is 24.5 Å². The van der Waals surface area contributed by atoms with Gasteiger partial charge in [0.05, 0.1) is 6.54 Å². The van der Waals surface area contributed by atoms with Crippen LogP contribution in [-0.2, 0) is 13.1 Å². The van der Waals surface area contributed by atoms with Crippen molar-refractivity contribution in [2.24, 2.45) is 0 Å². The van der Waals surface area contributed by atoms with Crippen molar-refractivity contribution in [1.29, 1.82) is 0 Å². The fraction of sp³-hybridized carbons (Fsp3) is 0.400. The van der Waals surface area contributed by atoms with E-state index in [4.69, 9.17) is 0 Å². The Labute approximate surface area is 137 Å². The Morgan fingerprint density at radius 2 is 2.29 bits per heavy atom. The predicted molar refractivity (Wildman–Crippen MR) is 90.3 cm³/mol. The molecule has 0 aliphatic rings. The molecule has 0 atom stereocenters. The van der Waals surface area contributed by atoms with Gasteiger partial charge >= 0.3 is 0 Å². The summed E-state index contributed by atoms with van der Waals surface area (Å²) in [4.78, 5) is 7.20. The number of hydrogen-bond acceptors (Lipinski definition) is 4. The Kier molecular flexibility index (Phi) is 6.14. The average Bonchev–Trinajstić information content (AvgIpc) is 2.86. The van der Waals surface area contributed by atoms with Gasteiger partial charge in [0, 0.05) is 40.1 Å². The second-order valence-corrected chi connectivity index (χ2v) is 6.78. The van der Waals surface area contributed by atoms with Gasteiger partial charge in [-0.25, -0.2) is 9.37 Å². The molecule has 2 heterocycles. The van der Waals surface area contributed by atoms with Crippen LogP contribution in [0.5, 0.6) is 0 Å². The third-order valence-corrected chi connectivity index (χ3v) is 4.75. The maximum atomic E-state index is 14.5. The fourth-order valence-electron chi connectivity index (χ4n) is 2.02. The van der Waals surface area contributed by atoms with Crippen LogP contribution in [0.25, 0.3) is 0 Å². The molecule has 3 nitrogen and oxygen atoms in total. The molecule has 0 aromatic carbocycles. The van der Waals surface area contributed by atoms with E-state index in [2.05, 4.69) is 33.2 Å². The molecule has 0 saturated heterocycles. The first-order chi connectivity index (χ1) is 10.1. The summed E-state index contributed by atoms with van der Waals surface area (Å²) < 4.78 is 15.6. The Balaban J connectivity index is 2.09. The number of nitrogens with zero attached hydrogens (tertiary/aromatic N) is 2. The third kappa shape index (κ3) is 4.49. The minimum atomic E-state index is -0.237. The molecule has 0 bridgehead atoms. The van der Waals surface area contributed by atoms with Gasteiger partial charge < -0.3 is 10.2 Å². The van der Waals surface area contributed by atoms with Gasteiger partial charge in [-0.15, -0.1) is 11.3 Å². The van der Waals surface area contributed by atoms with Crippen LogP contribution >= 0.6 is 27.3 Å². The molecule has 0 amide bonds. The quantitative estimate of drug-likeness (QED) is 0.739. The standard InChI is InChI=1S/C15H19BrFN3S/c1-3-5-18-8-11-4-6-19-15(14(11)17)20(2)9-13-7-12(16)10-21-13/h4,6-7,10,18H,3,5,8-9H2,1-2H3. The zero-order valence-electron chi connectivity index (χ0n) is 12.2. The van der Waals surface area contributed by atoms with E-state index in [1.54, 1.807) is 23.6 Å². The minimum Gasteiger partial charge on any atom is -0.352 e. The highest BCUT2D eigenvalue weighted by molar-refractivity contribution is 9.10. The zero-order valence-corrected chi connectivity index (χ0v) is 14.6. The largest absolute Gasteiger partial charge is 0.352 e. The smallest absolute Gasteiger partial charge is 0.170 e. The van der Waals surface area contributed by atoms with Crippen molar-refractivity contribution >= 4 is 33.1 Å². The fourth-order valence-corrected chi connectivity index (χ4v) is 3.52. The van der Waals surface area contributed by atoms with Crippen LogP contribution in [0.3, 0.4) is 0 Å². The summed E-state index contributed by atoms with van der Waals surface area (Å²) in [5.41, 5.74) is 0.660. The van der Waals surface area contributed by atoms with E-state index >= 15 is 0 Å². The van der Waals surface area contributed by atoms with Crippen molar-refractivity contribution in [3.8, 4) is 0 Å². The van der Waals surface area contributed by atoms with E-state index in [9.17, 15) is 4.39 Å². The van der Waals surface area contributed by atoms with Gasteiger partial charge in [-0.3, -0.25) is 0 Å². The Morgan fingerprint density at radius 1 is 1.48 bits per heavy atom. The minimum absolute atomic E-state index is 0.237. The van der Waals surface area contributed by atoms with Crippen LogP contribution in [0.15, 0.2) is 28.2 Å². The monoisotopic (exact) mass is 371 g/mol. The molecule has 0 unspecified atom stereocenters. The SMILES string of the molecule is CCCNCc1ccnc(N(C)Cc2cc(Br)cs2)c1F. The second-order valence-electron chi connectivity index (χ2n) is 4.87. The molecule has 6 heteroatoms. The summed E-state index contributed by atoms with van der Waals surface area (Å²) in [6.07, 6.45) is 2.70. The normalized spacial score (nSPS) is 10.9. The van der Waals surface area contributed by atoms with Gasteiger partial charge in [0.1, 0.15) is 0 Å². The summed E-state index contributed by atoms with van der Waals surface area (Å²) in [6.45, 7) is 4.16. The van der Waals surface area contributed by atoms with Crippen molar-refractivity contribution in [3.63, 3.8) is 0 Å². The molecule has 0 radical (unpaired) electrons. The van der Waals surface area contributed by atoms with Crippen LogP contribution in [-0.4, -0.2) is 18.6 Å². The molecule has 0 aliphatic heterocycles. The Bertz CT molecular complexity index is 588. The lowest BCUT2D eigenvalue weighted by Crippen LogP contribution is -2.21. The number of aromatic nitrogens is 1. The van der Waals surface area contributed by atoms with E-state index in [0.717, 1.165) is 17.4 Å². The predicted octanol–water partition coefficient (Wildman–Crippen LogP) is 4.18. The van der Waals surface area contributed by atoms with Crippen LogP contribution in [0.4, 0.5) is 10.2 Å². The first-order valence-corrected chi connectivity index (χ1v) is 8.57. The van der Waals surface area contributed by atoms with Gasteiger partial charge in [-0.2, -0.15) is 0 Å². The van der Waals surface area contributed by atoms with Gasteiger partial charge in [-0.1, -0.05) is 6.92 Å². The number of rotatable bonds is 7. The van der Waals surface area contributed by atoms with Gasteiger partial charge in [0.15, 0.2) is 11.6 Å². The highest BCUT2D eigenvalue weighted by atomic mass is 79.9. The summed E-state index contributed by atoms with van der Waals surface area (Å²) >= 11 is 5.08. The van der Waals surface area contributed by atoms with Gasteiger partial charge in [0.25, 0.3) is 0 Å². The van der Waals surface area contributed by atoms with E-state index in [1.165, 1.54) is 4.88 Å². The van der Waals surface area contributed by atoms with Gasteiger partial charge in [0.2, 0.25) is 0 Å². The number of thiophene rings is 1. The van der Waals surface area contributed by atoms with Crippen molar-refractivity contribution in [2.75, 3.05) is 18.5 Å². The first-order valence-electron chi connectivity index (χ1n) is 6.90. The number of nitrogens with one attached hydrogen (secondary N) is 1. The van der Waals surface area contributed by atoms with E-state index in [1.807, 2.05) is 23.4 Å². The van der Waals surface area contributed by atoms with Crippen molar-refractivity contribution in [2.45, 2.75) is 26.4 Å². The Hall–Kier alpha value is -0.980. The van der Waals surface area contributed by atoms with Gasteiger partial charge in [-0.05, 0) is 41.0 Å². The van der Waals surface area contributed by atoms with Crippen LogP contribution < -0.4 is 10.2 Å². The first kappa shape index (κ1) is 16.4. The Morgan fingerprint density at radius 3 is 2.95 bits per heavy atom. The molecular weight excluding hydrogens is 353 g/mol. The average molecular weight is 372 g/mol. The number of anilines is 1. The maximum Gasteiger partial charge on any atom is 0.170 e. The van der Waals surface area contributed by atoms with Crippen LogP contribution in [0.2, 0.25) is 0 Å². The van der Waals surface area contributed by atoms with Crippen molar-refractivity contribution < 1.29 is 4.39 Å². The van der Waals surface area contributed by atoms with E-state index in [-0.39, 0.29) is 5.82 Å². The molecule has 0 fully saturated rings. The lowest BCUT2D eigenvalue weighted by atomic mass is 10.2. The van der Waals surface area contributed by atoms with Crippen LogP contribution in [0.1, 0.15) is 23.8 Å². The molecule has 114 valence electrons. The molecule has 2 aromatic rings. The molecule has 21 heavy (non-hydrogen) atoms. The van der Waals surface area contributed by atoms with Crippen molar-refractivity contribution in [1.82, 2.24) is 10.3 Å². The highest BCUT2D eigenvalue weighted by Gasteiger charge is 2.14. The molecular formula is C15H19BrFN3S. The summed E-state index contributed by atoms with van der Waals surface area (Å²) in [5.74, 6) is 0.162.